The number of hydrogen-bond donors (Lipinski definition) is 0. The van der Waals surface area contributed by atoms with Crippen molar-refractivity contribution in [1.29, 1.82) is 5.26 Å². The van der Waals surface area contributed by atoms with Crippen LogP contribution in [-0.2, 0) is 19.9 Å². The van der Waals surface area contributed by atoms with Gasteiger partial charge < -0.3 is 0 Å². The second-order valence-corrected chi connectivity index (χ2v) is 5.75. The number of aromatic nitrogens is 2. The van der Waals surface area contributed by atoms with E-state index in [-0.39, 0.29) is 5.41 Å². The molecule has 1 aromatic heterocycles. The van der Waals surface area contributed by atoms with Crippen molar-refractivity contribution in [3.8, 4) is 6.07 Å². The SMILES string of the molecule is CCc1nn(C)c(CC2(C#N)CCCC2)c1Br. The van der Waals surface area contributed by atoms with Gasteiger partial charge in [0, 0.05) is 13.5 Å². The topological polar surface area (TPSA) is 41.6 Å². The molecule has 0 spiro atoms. The van der Waals surface area contributed by atoms with Crippen LogP contribution in [0.2, 0.25) is 0 Å². The molecule has 1 saturated carbocycles. The summed E-state index contributed by atoms with van der Waals surface area (Å²) in [5.74, 6) is 0. The summed E-state index contributed by atoms with van der Waals surface area (Å²) in [5, 5.41) is 13.9. The van der Waals surface area contributed by atoms with Gasteiger partial charge in [0.15, 0.2) is 0 Å². The van der Waals surface area contributed by atoms with Crippen LogP contribution in [0.15, 0.2) is 4.47 Å². The third-order valence-electron chi connectivity index (χ3n) is 3.81. The smallest absolute Gasteiger partial charge is 0.0766 e. The van der Waals surface area contributed by atoms with Crippen molar-refractivity contribution in [3.05, 3.63) is 15.9 Å². The highest BCUT2D eigenvalue weighted by Gasteiger charge is 2.35. The van der Waals surface area contributed by atoms with E-state index in [1.54, 1.807) is 0 Å². The number of rotatable bonds is 3. The highest BCUT2D eigenvalue weighted by atomic mass is 79.9. The second-order valence-electron chi connectivity index (χ2n) is 4.96. The Bertz CT molecular complexity index is 450. The fourth-order valence-electron chi connectivity index (χ4n) is 2.71. The lowest BCUT2D eigenvalue weighted by Crippen LogP contribution is -2.19. The number of nitrogens with zero attached hydrogens (tertiary/aromatic N) is 3. The van der Waals surface area contributed by atoms with E-state index in [1.165, 1.54) is 18.5 Å². The van der Waals surface area contributed by atoms with Crippen LogP contribution in [0.4, 0.5) is 0 Å². The van der Waals surface area contributed by atoms with Gasteiger partial charge in [-0.25, -0.2) is 0 Å². The maximum absolute atomic E-state index is 9.43. The highest BCUT2D eigenvalue weighted by molar-refractivity contribution is 9.10. The quantitative estimate of drug-likeness (QED) is 0.858. The molecule has 1 aliphatic rings. The predicted molar refractivity (Wildman–Crippen MR) is 70.5 cm³/mol. The molecule has 1 fully saturated rings. The maximum Gasteiger partial charge on any atom is 0.0766 e. The lowest BCUT2D eigenvalue weighted by atomic mass is 9.83. The molecule has 4 heteroatoms. The number of hydrogen-bond acceptors (Lipinski definition) is 2. The van der Waals surface area contributed by atoms with Gasteiger partial charge >= 0.3 is 0 Å². The van der Waals surface area contributed by atoms with Crippen LogP contribution in [-0.4, -0.2) is 9.78 Å². The summed E-state index contributed by atoms with van der Waals surface area (Å²) in [6.07, 6.45) is 6.18. The summed E-state index contributed by atoms with van der Waals surface area (Å²) in [5.41, 5.74) is 2.11. The largest absolute Gasteiger partial charge is 0.271 e. The molecule has 0 bridgehead atoms. The molecule has 1 aromatic rings. The third-order valence-corrected chi connectivity index (χ3v) is 4.72. The van der Waals surface area contributed by atoms with Gasteiger partial charge in [-0.2, -0.15) is 10.4 Å². The van der Waals surface area contributed by atoms with E-state index in [4.69, 9.17) is 0 Å². The van der Waals surface area contributed by atoms with Gasteiger partial charge in [-0.15, -0.1) is 0 Å². The van der Waals surface area contributed by atoms with Crippen molar-refractivity contribution in [2.24, 2.45) is 12.5 Å². The fourth-order valence-corrected chi connectivity index (χ4v) is 3.47. The summed E-state index contributed by atoms with van der Waals surface area (Å²) in [7, 11) is 1.97. The van der Waals surface area contributed by atoms with Gasteiger partial charge in [0.2, 0.25) is 0 Å². The Morgan fingerprint density at radius 3 is 2.59 bits per heavy atom. The summed E-state index contributed by atoms with van der Waals surface area (Å²) in [6, 6.07) is 2.55. The Labute approximate surface area is 111 Å². The van der Waals surface area contributed by atoms with E-state index in [2.05, 4.69) is 34.0 Å². The lowest BCUT2D eigenvalue weighted by Gasteiger charge is -2.20. The molecular formula is C13H18BrN3. The maximum atomic E-state index is 9.43. The van der Waals surface area contributed by atoms with Gasteiger partial charge in [-0.05, 0) is 35.2 Å². The van der Waals surface area contributed by atoms with E-state index in [0.717, 1.165) is 35.8 Å². The van der Waals surface area contributed by atoms with Crippen LogP contribution >= 0.6 is 15.9 Å². The van der Waals surface area contributed by atoms with E-state index < -0.39 is 0 Å². The molecule has 0 atom stereocenters. The molecule has 1 heterocycles. The minimum absolute atomic E-state index is 0.151. The van der Waals surface area contributed by atoms with Gasteiger partial charge in [0.05, 0.1) is 27.3 Å². The molecule has 1 aliphatic carbocycles. The Kier molecular flexibility index (Phi) is 3.58. The average molecular weight is 296 g/mol. The molecule has 0 radical (unpaired) electrons. The Balaban J connectivity index is 2.30. The predicted octanol–water partition coefficient (Wildman–Crippen LogP) is 3.37. The monoisotopic (exact) mass is 295 g/mol. The number of nitriles is 1. The van der Waals surface area contributed by atoms with Gasteiger partial charge in [0.1, 0.15) is 0 Å². The first-order valence-corrected chi connectivity index (χ1v) is 7.02. The van der Waals surface area contributed by atoms with Crippen LogP contribution in [0.25, 0.3) is 0 Å². The number of aryl methyl sites for hydroxylation is 2. The van der Waals surface area contributed by atoms with Crippen molar-refractivity contribution < 1.29 is 0 Å². The number of halogens is 1. The van der Waals surface area contributed by atoms with Crippen molar-refractivity contribution in [2.75, 3.05) is 0 Å². The normalized spacial score (nSPS) is 18.2. The zero-order chi connectivity index (χ0) is 12.5. The molecule has 0 N–H and O–H groups in total. The molecule has 0 aromatic carbocycles. The third kappa shape index (κ3) is 2.26. The Hall–Kier alpha value is -0.820. The molecule has 0 aliphatic heterocycles. The molecule has 0 saturated heterocycles. The van der Waals surface area contributed by atoms with E-state index in [9.17, 15) is 5.26 Å². The standard InChI is InChI=1S/C13H18BrN3/c1-3-10-12(14)11(17(2)16-10)8-13(9-15)6-4-5-7-13/h3-8H2,1-2H3. The van der Waals surface area contributed by atoms with E-state index in [0.29, 0.717) is 0 Å². The first-order chi connectivity index (χ1) is 8.12. The Morgan fingerprint density at radius 1 is 1.47 bits per heavy atom. The first-order valence-electron chi connectivity index (χ1n) is 6.23. The van der Waals surface area contributed by atoms with Crippen molar-refractivity contribution in [2.45, 2.75) is 45.4 Å². The van der Waals surface area contributed by atoms with Crippen LogP contribution < -0.4 is 0 Å². The van der Waals surface area contributed by atoms with Crippen molar-refractivity contribution in [3.63, 3.8) is 0 Å². The first kappa shape index (κ1) is 12.6. The van der Waals surface area contributed by atoms with Crippen LogP contribution in [0.5, 0.6) is 0 Å². The molecule has 3 nitrogen and oxygen atoms in total. The van der Waals surface area contributed by atoms with Crippen molar-refractivity contribution >= 4 is 15.9 Å². The lowest BCUT2D eigenvalue weighted by molar-refractivity contribution is 0.395. The van der Waals surface area contributed by atoms with Crippen molar-refractivity contribution in [1.82, 2.24) is 9.78 Å². The molecule has 17 heavy (non-hydrogen) atoms. The van der Waals surface area contributed by atoms with Gasteiger partial charge in [-0.1, -0.05) is 19.8 Å². The molecular weight excluding hydrogens is 278 g/mol. The minimum Gasteiger partial charge on any atom is -0.271 e. The fraction of sp³-hybridized carbons (Fsp3) is 0.692. The van der Waals surface area contributed by atoms with E-state index in [1.807, 2.05) is 11.7 Å². The zero-order valence-corrected chi connectivity index (χ0v) is 12.0. The average Bonchev–Trinajstić information content (AvgIpc) is 2.90. The molecule has 92 valence electrons. The minimum atomic E-state index is -0.151. The van der Waals surface area contributed by atoms with Gasteiger partial charge in [-0.3, -0.25) is 4.68 Å². The van der Waals surface area contributed by atoms with Gasteiger partial charge in [0.25, 0.3) is 0 Å². The molecule has 0 unspecified atom stereocenters. The summed E-state index contributed by atoms with van der Waals surface area (Å²) in [4.78, 5) is 0. The summed E-state index contributed by atoms with van der Waals surface area (Å²) in [6.45, 7) is 2.10. The van der Waals surface area contributed by atoms with Crippen LogP contribution in [0.1, 0.15) is 44.0 Å². The highest BCUT2D eigenvalue weighted by Crippen LogP contribution is 2.41. The summed E-state index contributed by atoms with van der Waals surface area (Å²) < 4.78 is 3.03. The second kappa shape index (κ2) is 4.81. The van der Waals surface area contributed by atoms with Crippen LogP contribution in [0.3, 0.4) is 0 Å². The summed E-state index contributed by atoms with van der Waals surface area (Å²) >= 11 is 3.63. The van der Waals surface area contributed by atoms with Crippen LogP contribution in [0, 0.1) is 16.7 Å². The zero-order valence-electron chi connectivity index (χ0n) is 10.5. The molecule has 0 amide bonds. The Morgan fingerprint density at radius 2 is 2.12 bits per heavy atom. The molecule has 2 rings (SSSR count). The van der Waals surface area contributed by atoms with E-state index >= 15 is 0 Å².